The van der Waals surface area contributed by atoms with Crippen LogP contribution in [0.2, 0.25) is 0 Å². The third kappa shape index (κ3) is 2.50. The van der Waals surface area contributed by atoms with Crippen molar-refractivity contribution >= 4 is 16.8 Å². The first kappa shape index (κ1) is 15.6. The van der Waals surface area contributed by atoms with Crippen LogP contribution in [0.1, 0.15) is 23.3 Å². The van der Waals surface area contributed by atoms with Crippen LogP contribution in [0.4, 0.5) is 0 Å². The molecule has 0 radical (unpaired) electrons. The summed E-state index contributed by atoms with van der Waals surface area (Å²) in [5.41, 5.74) is 1.54. The average Bonchev–Trinajstić information content (AvgIpc) is 3.18. The van der Waals surface area contributed by atoms with Crippen molar-refractivity contribution in [3.8, 4) is 0 Å². The van der Waals surface area contributed by atoms with Crippen molar-refractivity contribution < 1.29 is 14.3 Å². The summed E-state index contributed by atoms with van der Waals surface area (Å²) >= 11 is 0. The number of hydrogen-bond acceptors (Lipinski definition) is 4. The Balaban J connectivity index is 1.61. The molecule has 6 heteroatoms. The monoisotopic (exact) mass is 329 g/mol. The Labute approximate surface area is 141 Å². The number of ether oxygens (including phenoxy) is 2. The Hall–Kier alpha value is -1.92. The minimum Gasteiger partial charge on any atom is -0.384 e. The van der Waals surface area contributed by atoms with Crippen LogP contribution in [0.15, 0.2) is 24.3 Å². The molecule has 2 saturated heterocycles. The van der Waals surface area contributed by atoms with Crippen LogP contribution in [0.3, 0.4) is 0 Å². The molecule has 2 aliphatic rings. The summed E-state index contributed by atoms with van der Waals surface area (Å²) in [7, 11) is 1.73. The second-order valence-electron chi connectivity index (χ2n) is 6.93. The van der Waals surface area contributed by atoms with Gasteiger partial charge in [0.05, 0.1) is 12.1 Å². The molecule has 0 aliphatic carbocycles. The van der Waals surface area contributed by atoms with Crippen LogP contribution in [0.25, 0.3) is 10.9 Å². The third-order valence-corrected chi connectivity index (χ3v) is 5.63. The second kappa shape index (κ2) is 6.18. The summed E-state index contributed by atoms with van der Waals surface area (Å²) in [6.07, 6.45) is 1.98. The van der Waals surface area contributed by atoms with Gasteiger partial charge in [0.15, 0.2) is 5.69 Å². The van der Waals surface area contributed by atoms with Gasteiger partial charge in [-0.2, -0.15) is 5.10 Å². The molecule has 24 heavy (non-hydrogen) atoms. The molecule has 1 aromatic carbocycles. The van der Waals surface area contributed by atoms with Gasteiger partial charge in [-0.1, -0.05) is 18.2 Å². The number of fused-ring (bicyclic) bond motifs is 1. The van der Waals surface area contributed by atoms with E-state index in [9.17, 15) is 4.79 Å². The molecule has 2 fully saturated rings. The van der Waals surface area contributed by atoms with Crippen molar-refractivity contribution in [3.05, 3.63) is 30.0 Å². The van der Waals surface area contributed by atoms with Crippen LogP contribution in [-0.2, 0) is 9.47 Å². The van der Waals surface area contributed by atoms with E-state index in [1.807, 2.05) is 29.2 Å². The maximum atomic E-state index is 13.1. The zero-order valence-corrected chi connectivity index (χ0v) is 14.0. The fourth-order valence-electron chi connectivity index (χ4n) is 4.24. The number of benzene rings is 1. The Morgan fingerprint density at radius 1 is 1.42 bits per heavy atom. The molecule has 1 amide bonds. The number of H-pyrrole nitrogens is 1. The van der Waals surface area contributed by atoms with Crippen molar-refractivity contribution in [2.75, 3.05) is 40.0 Å². The standard InChI is InChI=1S/C18H23N3O3/c1-23-11-13-10-21(12-18(13)6-8-24-9-7-18)17(22)16-14-4-2-3-5-15(14)19-20-16/h2-5,13H,6-12H2,1H3,(H,19,20). The van der Waals surface area contributed by atoms with Crippen molar-refractivity contribution in [2.45, 2.75) is 12.8 Å². The SMILES string of the molecule is COCC1CN(C(=O)c2n[nH]c3ccccc23)CC12CCOCC2. The number of rotatable bonds is 3. The Bertz CT molecular complexity index is 736. The first-order valence-corrected chi connectivity index (χ1v) is 8.52. The number of hydrogen-bond donors (Lipinski definition) is 1. The normalized spacial score (nSPS) is 23.2. The van der Waals surface area contributed by atoms with E-state index in [-0.39, 0.29) is 11.3 Å². The lowest BCUT2D eigenvalue weighted by molar-refractivity contribution is -0.0169. The maximum Gasteiger partial charge on any atom is 0.275 e. The van der Waals surface area contributed by atoms with E-state index in [4.69, 9.17) is 9.47 Å². The van der Waals surface area contributed by atoms with Crippen molar-refractivity contribution in [1.29, 1.82) is 0 Å². The predicted octanol–water partition coefficient (Wildman–Crippen LogP) is 2.08. The van der Waals surface area contributed by atoms with Crippen molar-refractivity contribution in [2.24, 2.45) is 11.3 Å². The van der Waals surface area contributed by atoms with E-state index >= 15 is 0 Å². The number of carbonyl (C=O) groups is 1. The fourth-order valence-corrected chi connectivity index (χ4v) is 4.24. The molecular weight excluding hydrogens is 306 g/mol. The highest BCUT2D eigenvalue weighted by atomic mass is 16.5. The molecule has 1 atom stereocenters. The molecule has 1 unspecified atom stereocenters. The van der Waals surface area contributed by atoms with Crippen LogP contribution < -0.4 is 0 Å². The van der Waals surface area contributed by atoms with Gasteiger partial charge >= 0.3 is 0 Å². The van der Waals surface area contributed by atoms with Crippen molar-refractivity contribution in [3.63, 3.8) is 0 Å². The summed E-state index contributed by atoms with van der Waals surface area (Å²) in [5.74, 6) is 0.373. The van der Waals surface area contributed by atoms with E-state index in [2.05, 4.69) is 10.2 Å². The summed E-state index contributed by atoms with van der Waals surface area (Å²) < 4.78 is 11.0. The molecule has 0 saturated carbocycles. The average molecular weight is 329 g/mol. The van der Waals surface area contributed by atoms with Gasteiger partial charge in [0.1, 0.15) is 0 Å². The lowest BCUT2D eigenvalue weighted by atomic mass is 9.72. The minimum atomic E-state index is 0.0110. The van der Waals surface area contributed by atoms with Crippen molar-refractivity contribution in [1.82, 2.24) is 15.1 Å². The Kier molecular flexibility index (Phi) is 4.02. The van der Waals surface area contributed by atoms with Gasteiger partial charge in [-0.25, -0.2) is 0 Å². The highest BCUT2D eigenvalue weighted by Gasteiger charge is 2.48. The fraction of sp³-hybridized carbons (Fsp3) is 0.556. The van der Waals surface area contributed by atoms with Crippen LogP contribution in [-0.4, -0.2) is 61.0 Å². The summed E-state index contributed by atoms with van der Waals surface area (Å²) in [6, 6.07) is 7.76. The molecule has 1 aromatic heterocycles. The number of amides is 1. The van der Waals surface area contributed by atoms with Gasteiger partial charge in [0.2, 0.25) is 0 Å². The number of aromatic nitrogens is 2. The molecule has 6 nitrogen and oxygen atoms in total. The third-order valence-electron chi connectivity index (χ3n) is 5.63. The minimum absolute atomic E-state index is 0.0110. The van der Waals surface area contributed by atoms with Gasteiger partial charge in [-0.3, -0.25) is 9.89 Å². The highest BCUT2D eigenvalue weighted by molar-refractivity contribution is 6.04. The first-order valence-electron chi connectivity index (χ1n) is 8.52. The maximum absolute atomic E-state index is 13.1. The summed E-state index contributed by atoms with van der Waals surface area (Å²) in [4.78, 5) is 15.0. The van der Waals surface area contributed by atoms with Gasteiger partial charge < -0.3 is 14.4 Å². The number of nitrogens with one attached hydrogen (secondary N) is 1. The number of aromatic amines is 1. The lowest BCUT2D eigenvalue weighted by Crippen LogP contribution is -2.39. The molecule has 0 bridgehead atoms. The molecule has 1 N–H and O–H groups in total. The molecule has 1 spiro atoms. The topological polar surface area (TPSA) is 67.5 Å². The molecule has 2 aliphatic heterocycles. The summed E-state index contributed by atoms with van der Waals surface area (Å²) in [6.45, 7) is 3.73. The zero-order valence-electron chi connectivity index (χ0n) is 14.0. The van der Waals surface area contributed by atoms with Crippen LogP contribution >= 0.6 is 0 Å². The summed E-state index contributed by atoms with van der Waals surface area (Å²) in [5, 5.41) is 8.12. The van der Waals surface area contributed by atoms with Gasteiger partial charge in [-0.05, 0) is 24.3 Å². The smallest absolute Gasteiger partial charge is 0.275 e. The lowest BCUT2D eigenvalue weighted by Gasteiger charge is -2.37. The van der Waals surface area contributed by atoms with Crippen LogP contribution in [0, 0.1) is 11.3 Å². The van der Waals surface area contributed by atoms with E-state index in [0.29, 0.717) is 18.2 Å². The first-order chi connectivity index (χ1) is 11.7. The number of methoxy groups -OCH3 is 1. The molecule has 4 rings (SSSR count). The number of nitrogens with zero attached hydrogens (tertiary/aromatic N) is 2. The van der Waals surface area contributed by atoms with Gasteiger partial charge in [0, 0.05) is 44.7 Å². The van der Waals surface area contributed by atoms with E-state index in [0.717, 1.165) is 50.0 Å². The highest BCUT2D eigenvalue weighted by Crippen LogP contribution is 2.44. The van der Waals surface area contributed by atoms with Gasteiger partial charge in [-0.15, -0.1) is 0 Å². The van der Waals surface area contributed by atoms with Gasteiger partial charge in [0.25, 0.3) is 5.91 Å². The van der Waals surface area contributed by atoms with E-state index in [1.54, 1.807) is 7.11 Å². The molecule has 3 heterocycles. The number of para-hydroxylation sites is 1. The largest absolute Gasteiger partial charge is 0.384 e. The quantitative estimate of drug-likeness (QED) is 0.936. The molecular formula is C18H23N3O3. The number of carbonyl (C=O) groups excluding carboxylic acids is 1. The Morgan fingerprint density at radius 3 is 3.00 bits per heavy atom. The second-order valence-corrected chi connectivity index (χ2v) is 6.93. The van der Waals surface area contributed by atoms with E-state index in [1.165, 1.54) is 0 Å². The predicted molar refractivity (Wildman–Crippen MR) is 89.8 cm³/mol. The Morgan fingerprint density at radius 2 is 2.21 bits per heavy atom. The number of likely N-dealkylation sites (tertiary alicyclic amines) is 1. The zero-order chi connectivity index (χ0) is 16.6. The van der Waals surface area contributed by atoms with Crippen LogP contribution in [0.5, 0.6) is 0 Å². The van der Waals surface area contributed by atoms with E-state index < -0.39 is 0 Å². The molecule has 2 aromatic rings. The molecule has 128 valence electrons.